The number of piperidine rings is 1. The van der Waals surface area contributed by atoms with Gasteiger partial charge in [0.1, 0.15) is 5.82 Å². The molecule has 7 heteroatoms. The quantitative estimate of drug-likeness (QED) is 0.500. The number of rotatable bonds is 7. The van der Waals surface area contributed by atoms with Crippen molar-refractivity contribution in [3.63, 3.8) is 0 Å². The van der Waals surface area contributed by atoms with Crippen molar-refractivity contribution >= 4 is 16.8 Å². The molecule has 2 fully saturated rings. The number of hydrogen-bond acceptors (Lipinski definition) is 4. The summed E-state index contributed by atoms with van der Waals surface area (Å²) in [7, 11) is 1.77. The lowest BCUT2D eigenvalue weighted by molar-refractivity contribution is 0.0754. The molecule has 198 valence electrons. The van der Waals surface area contributed by atoms with Gasteiger partial charge in [-0.15, -0.1) is 0 Å². The molecular weight excluding hydrogens is 465 g/mol. The van der Waals surface area contributed by atoms with Crippen LogP contribution in [0.1, 0.15) is 54.6 Å². The third kappa shape index (κ3) is 5.43. The Bertz CT molecular complexity index is 1260. The first-order chi connectivity index (χ1) is 17.8. The highest BCUT2D eigenvalue weighted by molar-refractivity contribution is 5.99. The number of amides is 1. The van der Waals surface area contributed by atoms with Crippen molar-refractivity contribution < 1.29 is 9.18 Å². The summed E-state index contributed by atoms with van der Waals surface area (Å²) in [5.74, 6) is 0.830. The summed E-state index contributed by atoms with van der Waals surface area (Å²) in [4.78, 5) is 22.1. The fourth-order valence-electron chi connectivity index (χ4n) is 6.10. The maximum atomic E-state index is 14.3. The SMILES string of the molecule is Cc1cncc2c1c(C[C@@H]1CCN(CC3CCNCC3)C1)cn2-c1ccc(F)cc1C(=O)N(C)C(C)C. The molecule has 2 aliphatic rings. The molecule has 0 aliphatic carbocycles. The van der Waals surface area contributed by atoms with Crippen LogP contribution in [-0.2, 0) is 6.42 Å². The zero-order valence-electron chi connectivity index (χ0n) is 22.6. The van der Waals surface area contributed by atoms with Crippen LogP contribution in [0.15, 0.2) is 36.8 Å². The van der Waals surface area contributed by atoms with E-state index in [0.717, 1.165) is 43.1 Å². The van der Waals surface area contributed by atoms with Gasteiger partial charge in [0.2, 0.25) is 0 Å². The Morgan fingerprint density at radius 2 is 1.97 bits per heavy atom. The van der Waals surface area contributed by atoms with Crippen molar-refractivity contribution in [2.75, 3.05) is 39.8 Å². The highest BCUT2D eigenvalue weighted by Gasteiger charge is 2.28. The normalized spacial score (nSPS) is 19.2. The first-order valence-electron chi connectivity index (χ1n) is 13.8. The lowest BCUT2D eigenvalue weighted by atomic mass is 9.96. The van der Waals surface area contributed by atoms with E-state index in [9.17, 15) is 9.18 Å². The molecule has 3 aromatic rings. The molecule has 2 aromatic heterocycles. The second-order valence-electron chi connectivity index (χ2n) is 11.4. The molecular formula is C30H40FN5O. The van der Waals surface area contributed by atoms with Gasteiger partial charge in [0, 0.05) is 44.0 Å². The Morgan fingerprint density at radius 1 is 1.19 bits per heavy atom. The Labute approximate surface area is 219 Å². The smallest absolute Gasteiger partial charge is 0.256 e. The van der Waals surface area contributed by atoms with Gasteiger partial charge in [0.15, 0.2) is 0 Å². The second kappa shape index (κ2) is 10.9. The average Bonchev–Trinajstić information content (AvgIpc) is 3.48. The Kier molecular flexibility index (Phi) is 7.63. The summed E-state index contributed by atoms with van der Waals surface area (Å²) in [6.45, 7) is 11.8. The monoisotopic (exact) mass is 505 g/mol. The van der Waals surface area contributed by atoms with Crippen molar-refractivity contribution in [3.05, 3.63) is 59.3 Å². The van der Waals surface area contributed by atoms with Crippen molar-refractivity contribution in [3.8, 4) is 5.69 Å². The molecule has 1 atom stereocenters. The molecule has 2 aliphatic heterocycles. The first-order valence-corrected chi connectivity index (χ1v) is 13.8. The van der Waals surface area contributed by atoms with Crippen LogP contribution in [0.4, 0.5) is 4.39 Å². The minimum Gasteiger partial charge on any atom is -0.339 e. The van der Waals surface area contributed by atoms with E-state index in [4.69, 9.17) is 0 Å². The van der Waals surface area contributed by atoms with E-state index in [1.807, 2.05) is 30.8 Å². The fourth-order valence-corrected chi connectivity index (χ4v) is 6.10. The number of hydrogen-bond donors (Lipinski definition) is 1. The molecule has 6 nitrogen and oxygen atoms in total. The van der Waals surface area contributed by atoms with Crippen molar-refractivity contribution in [2.45, 2.75) is 52.5 Å². The van der Waals surface area contributed by atoms with Crippen LogP contribution in [0, 0.1) is 24.6 Å². The number of nitrogens with zero attached hydrogens (tertiary/aromatic N) is 4. The van der Waals surface area contributed by atoms with Gasteiger partial charge in [0.25, 0.3) is 5.91 Å². The topological polar surface area (TPSA) is 53.4 Å². The lowest BCUT2D eigenvalue weighted by Crippen LogP contribution is -2.35. The molecule has 4 heterocycles. The third-order valence-corrected chi connectivity index (χ3v) is 8.38. The number of halogens is 1. The summed E-state index contributed by atoms with van der Waals surface area (Å²) in [6, 6.07) is 4.53. The zero-order valence-corrected chi connectivity index (χ0v) is 22.6. The number of fused-ring (bicyclic) bond motifs is 1. The number of aryl methyl sites for hydroxylation is 1. The summed E-state index contributed by atoms with van der Waals surface area (Å²) in [5.41, 5.74) is 4.44. The predicted molar refractivity (Wildman–Crippen MR) is 147 cm³/mol. The van der Waals surface area contributed by atoms with Gasteiger partial charge in [-0.05, 0) is 107 Å². The number of nitrogens with one attached hydrogen (secondary N) is 1. The van der Waals surface area contributed by atoms with Gasteiger partial charge in [-0.1, -0.05) is 0 Å². The summed E-state index contributed by atoms with van der Waals surface area (Å²) < 4.78 is 16.4. The average molecular weight is 506 g/mol. The minimum atomic E-state index is -0.407. The molecule has 0 unspecified atom stereocenters. The largest absolute Gasteiger partial charge is 0.339 e. The van der Waals surface area contributed by atoms with E-state index in [1.54, 1.807) is 18.0 Å². The van der Waals surface area contributed by atoms with E-state index in [0.29, 0.717) is 17.2 Å². The third-order valence-electron chi connectivity index (χ3n) is 8.38. The molecule has 1 amide bonds. The molecule has 0 radical (unpaired) electrons. The van der Waals surface area contributed by atoms with E-state index < -0.39 is 5.82 Å². The van der Waals surface area contributed by atoms with E-state index in [-0.39, 0.29) is 11.9 Å². The van der Waals surface area contributed by atoms with E-state index in [2.05, 4.69) is 28.3 Å². The van der Waals surface area contributed by atoms with Gasteiger partial charge < -0.3 is 19.7 Å². The van der Waals surface area contributed by atoms with Crippen molar-refractivity contribution in [2.24, 2.45) is 11.8 Å². The minimum absolute atomic E-state index is 0.0136. The number of carbonyl (C=O) groups excluding carboxylic acids is 1. The van der Waals surface area contributed by atoms with Gasteiger partial charge >= 0.3 is 0 Å². The highest BCUT2D eigenvalue weighted by atomic mass is 19.1. The first kappa shape index (κ1) is 25.9. The van der Waals surface area contributed by atoms with E-state index in [1.165, 1.54) is 55.4 Å². The Morgan fingerprint density at radius 3 is 2.73 bits per heavy atom. The lowest BCUT2D eigenvalue weighted by Gasteiger charge is -2.27. The van der Waals surface area contributed by atoms with Crippen LogP contribution >= 0.6 is 0 Å². The van der Waals surface area contributed by atoms with Crippen molar-refractivity contribution in [1.82, 2.24) is 24.7 Å². The van der Waals surface area contributed by atoms with Crippen LogP contribution in [0.5, 0.6) is 0 Å². The molecule has 0 spiro atoms. The highest BCUT2D eigenvalue weighted by Crippen LogP contribution is 2.33. The summed E-state index contributed by atoms with van der Waals surface area (Å²) in [6.07, 6.45) is 10.7. The molecule has 37 heavy (non-hydrogen) atoms. The Balaban J connectivity index is 1.45. The van der Waals surface area contributed by atoms with Crippen molar-refractivity contribution in [1.29, 1.82) is 0 Å². The van der Waals surface area contributed by atoms with Crippen LogP contribution in [0.25, 0.3) is 16.6 Å². The van der Waals surface area contributed by atoms with Gasteiger partial charge in [0.05, 0.1) is 23.0 Å². The molecule has 5 rings (SSSR count). The predicted octanol–water partition coefficient (Wildman–Crippen LogP) is 4.82. The van der Waals surface area contributed by atoms with Crippen LogP contribution in [0.2, 0.25) is 0 Å². The van der Waals surface area contributed by atoms with Gasteiger partial charge in [-0.2, -0.15) is 0 Å². The fraction of sp³-hybridized carbons (Fsp3) is 0.533. The number of benzene rings is 1. The van der Waals surface area contributed by atoms with Gasteiger partial charge in [-0.25, -0.2) is 4.39 Å². The maximum absolute atomic E-state index is 14.3. The summed E-state index contributed by atoms with van der Waals surface area (Å²) >= 11 is 0. The molecule has 1 N–H and O–H groups in total. The molecule has 1 aromatic carbocycles. The number of likely N-dealkylation sites (tertiary alicyclic amines) is 1. The number of aromatic nitrogens is 2. The van der Waals surface area contributed by atoms with Crippen LogP contribution in [-0.4, -0.2) is 71.1 Å². The van der Waals surface area contributed by atoms with Crippen LogP contribution < -0.4 is 5.32 Å². The standard InChI is InChI=1S/C30H40FN5O/c1-20(2)34(4)30(37)26-14-25(31)5-6-27(26)36-19-24(29-21(3)15-33-16-28(29)36)13-23-9-12-35(18-23)17-22-7-10-32-11-8-22/h5-6,14-16,19-20,22-23,32H,7-13,17-18H2,1-4H3/t23-/m0/s1. The number of carbonyl (C=O) groups is 1. The van der Waals surface area contributed by atoms with Gasteiger partial charge in [-0.3, -0.25) is 9.78 Å². The number of pyridine rings is 1. The molecule has 0 bridgehead atoms. The Hall–Kier alpha value is -2.77. The second-order valence-corrected chi connectivity index (χ2v) is 11.4. The zero-order chi connectivity index (χ0) is 26.1. The molecule has 0 saturated carbocycles. The maximum Gasteiger partial charge on any atom is 0.256 e. The molecule has 2 saturated heterocycles. The summed E-state index contributed by atoms with van der Waals surface area (Å²) in [5, 5.41) is 4.67. The van der Waals surface area contributed by atoms with Crippen LogP contribution in [0.3, 0.4) is 0 Å². The van der Waals surface area contributed by atoms with E-state index >= 15 is 0 Å².